The summed E-state index contributed by atoms with van der Waals surface area (Å²) in [7, 11) is 0. The molecular formula is C23H27FN4O3. The van der Waals surface area contributed by atoms with Crippen molar-refractivity contribution in [2.24, 2.45) is 0 Å². The summed E-state index contributed by atoms with van der Waals surface area (Å²) < 4.78 is 100. The molecule has 3 aromatic rings. The SMILES string of the molecule is [2H]c1c(F)c([2H])c2onc(C3CCN(CCc4c(C)nc5n(c4=O)C([2H])([2H])C([2H])([2H])C([2H])([2H])C5([2H])O)CC3)c2c1[2H]. The monoisotopic (exact) mass is 436 g/mol. The predicted molar refractivity (Wildman–Crippen MR) is 114 cm³/mol. The molecule has 1 aromatic carbocycles. The minimum absolute atomic E-state index is 0.0446. The first-order chi connectivity index (χ1) is 18.9. The number of aliphatic hydroxyl groups is 1. The van der Waals surface area contributed by atoms with Crippen LogP contribution in [0, 0.1) is 12.7 Å². The second-order valence-electron chi connectivity index (χ2n) is 7.68. The van der Waals surface area contributed by atoms with E-state index < -0.39 is 54.6 Å². The van der Waals surface area contributed by atoms with Crippen molar-refractivity contribution in [3.05, 3.63) is 57.1 Å². The molecule has 2 aliphatic rings. The van der Waals surface area contributed by atoms with Gasteiger partial charge in [-0.2, -0.15) is 0 Å². The Labute approximate surface area is 193 Å². The lowest BCUT2D eigenvalue weighted by molar-refractivity contribution is 0.129. The van der Waals surface area contributed by atoms with Crippen LogP contribution in [0.5, 0.6) is 0 Å². The van der Waals surface area contributed by atoms with Gasteiger partial charge in [-0.05, 0) is 64.1 Å². The molecule has 0 amide bonds. The van der Waals surface area contributed by atoms with E-state index in [9.17, 15) is 14.3 Å². The highest BCUT2D eigenvalue weighted by Gasteiger charge is 2.26. The number of nitrogens with zero attached hydrogens (tertiary/aromatic N) is 4. The number of rotatable bonds is 4. The lowest BCUT2D eigenvalue weighted by atomic mass is 9.91. The molecule has 0 radical (unpaired) electrons. The summed E-state index contributed by atoms with van der Waals surface area (Å²) in [5.74, 6) is -2.23. The lowest BCUT2D eigenvalue weighted by Gasteiger charge is -2.31. The minimum atomic E-state index is -3.44. The van der Waals surface area contributed by atoms with Crippen LogP contribution in [-0.2, 0) is 12.9 Å². The highest BCUT2D eigenvalue weighted by molar-refractivity contribution is 5.79. The lowest BCUT2D eigenvalue weighted by Crippen LogP contribution is -2.37. The maximum Gasteiger partial charge on any atom is 0.257 e. The van der Waals surface area contributed by atoms with E-state index in [1.165, 1.54) is 6.92 Å². The summed E-state index contributed by atoms with van der Waals surface area (Å²) in [5.41, 5.74) is -0.674. The maximum atomic E-state index is 14.1. The number of aromatic nitrogens is 3. The molecule has 1 N–H and O–H groups in total. The van der Waals surface area contributed by atoms with Gasteiger partial charge >= 0.3 is 0 Å². The van der Waals surface area contributed by atoms with Gasteiger partial charge in [0.2, 0.25) is 0 Å². The van der Waals surface area contributed by atoms with Crippen LogP contribution in [-0.4, -0.2) is 44.3 Å². The van der Waals surface area contributed by atoms with Crippen LogP contribution in [0.2, 0.25) is 0 Å². The Hall–Kier alpha value is -2.58. The van der Waals surface area contributed by atoms with Crippen molar-refractivity contribution >= 4 is 11.0 Å². The average Bonchev–Trinajstić information content (AvgIpc) is 3.35. The van der Waals surface area contributed by atoms with Crippen LogP contribution in [0.3, 0.4) is 0 Å². The molecule has 7 nitrogen and oxygen atoms in total. The van der Waals surface area contributed by atoms with Gasteiger partial charge in [0, 0.05) is 49.9 Å². The van der Waals surface area contributed by atoms with Gasteiger partial charge in [-0.1, -0.05) is 5.16 Å². The highest BCUT2D eigenvalue weighted by atomic mass is 19.1. The molecule has 0 spiro atoms. The summed E-state index contributed by atoms with van der Waals surface area (Å²) in [6, 6.07) is -1.70. The summed E-state index contributed by atoms with van der Waals surface area (Å²) in [5, 5.41) is 14.8. The average molecular weight is 437 g/mol. The molecule has 0 bridgehead atoms. The second-order valence-corrected chi connectivity index (χ2v) is 7.68. The van der Waals surface area contributed by atoms with Gasteiger partial charge in [0.05, 0.1) is 11.2 Å². The number of benzene rings is 1. The van der Waals surface area contributed by atoms with Crippen molar-refractivity contribution in [1.29, 1.82) is 0 Å². The Morgan fingerprint density at radius 2 is 2.23 bits per heavy atom. The molecule has 1 saturated heterocycles. The Morgan fingerprint density at radius 1 is 1.42 bits per heavy atom. The fourth-order valence-corrected chi connectivity index (χ4v) is 4.15. The van der Waals surface area contributed by atoms with Crippen LogP contribution in [0.1, 0.15) is 74.1 Å². The molecule has 2 aromatic heterocycles. The summed E-state index contributed by atoms with van der Waals surface area (Å²) >= 11 is 0. The molecule has 8 heteroatoms. The van der Waals surface area contributed by atoms with Crippen molar-refractivity contribution in [2.45, 2.75) is 57.4 Å². The van der Waals surface area contributed by atoms with E-state index in [2.05, 4.69) is 10.1 Å². The fourth-order valence-electron chi connectivity index (χ4n) is 4.15. The first-order valence-corrected chi connectivity index (χ1v) is 10.0. The quantitative estimate of drug-likeness (QED) is 0.677. The molecule has 1 unspecified atom stereocenters. The second kappa shape index (κ2) is 8.16. The Balaban J connectivity index is 1.37. The van der Waals surface area contributed by atoms with E-state index in [1.807, 2.05) is 4.90 Å². The van der Waals surface area contributed by atoms with Gasteiger partial charge in [-0.15, -0.1) is 0 Å². The third kappa shape index (κ3) is 3.78. The molecule has 0 saturated carbocycles. The zero-order chi connectivity index (χ0) is 30.4. The van der Waals surface area contributed by atoms with Gasteiger partial charge in [0.15, 0.2) is 5.58 Å². The number of aryl methyl sites for hydroxylation is 1. The number of fused-ring (bicyclic) bond motifs is 2. The van der Waals surface area contributed by atoms with Crippen molar-refractivity contribution in [3.8, 4) is 0 Å². The van der Waals surface area contributed by atoms with E-state index in [4.69, 9.17) is 18.2 Å². The topological polar surface area (TPSA) is 84.4 Å². The van der Waals surface area contributed by atoms with E-state index >= 15 is 0 Å². The summed E-state index contributed by atoms with van der Waals surface area (Å²) in [6.07, 6.45) is -9.02. The smallest absolute Gasteiger partial charge is 0.257 e. The molecule has 5 rings (SSSR count). The van der Waals surface area contributed by atoms with E-state index in [0.717, 1.165) is 0 Å². The minimum Gasteiger partial charge on any atom is -0.385 e. The largest absolute Gasteiger partial charge is 0.385 e. The maximum absolute atomic E-state index is 14.1. The van der Waals surface area contributed by atoms with Gasteiger partial charge in [-0.25, -0.2) is 9.37 Å². The predicted octanol–water partition coefficient (Wildman–Crippen LogP) is 3.08. The Bertz CT molecular complexity index is 1620. The standard InChI is InChI=1S/C23H27FN4O3/c1-14-17(23(30)28-9-2-3-19(29)22(28)25-14)8-12-27-10-6-15(7-11-27)21-18-5-4-16(24)13-20(18)31-26-21/h4-5,13,15,19,29H,2-3,6-12H2,1H3/i2D2,3D2,4D,5D,9D2,13D,19D. The van der Waals surface area contributed by atoms with Gasteiger partial charge in [0.1, 0.15) is 17.7 Å². The molecule has 2 aliphatic heterocycles. The normalized spacial score (nSPS) is 32.2. The number of halogens is 1. The number of hydrogen-bond acceptors (Lipinski definition) is 6. The fraction of sp³-hybridized carbons (Fsp3) is 0.522. The third-order valence-electron chi connectivity index (χ3n) is 5.84. The van der Waals surface area contributed by atoms with Crippen molar-refractivity contribution in [1.82, 2.24) is 19.6 Å². The summed E-state index contributed by atoms with van der Waals surface area (Å²) in [4.78, 5) is 19.5. The van der Waals surface area contributed by atoms with Gasteiger partial charge < -0.3 is 14.5 Å². The zero-order valence-corrected chi connectivity index (χ0v) is 16.8. The van der Waals surface area contributed by atoms with Gasteiger partial charge in [-0.3, -0.25) is 9.36 Å². The molecule has 0 aliphatic carbocycles. The van der Waals surface area contributed by atoms with Crippen molar-refractivity contribution in [3.63, 3.8) is 0 Å². The number of likely N-dealkylation sites (tertiary alicyclic amines) is 1. The summed E-state index contributed by atoms with van der Waals surface area (Å²) in [6.45, 7) is -0.463. The first kappa shape index (κ1) is 11.9. The van der Waals surface area contributed by atoms with E-state index in [0.29, 0.717) is 38.2 Å². The van der Waals surface area contributed by atoms with Crippen molar-refractivity contribution < 1.29 is 27.7 Å². The van der Waals surface area contributed by atoms with Crippen molar-refractivity contribution in [2.75, 3.05) is 19.6 Å². The number of hydrogen-bond donors (Lipinski definition) is 1. The van der Waals surface area contributed by atoms with E-state index in [1.54, 1.807) is 0 Å². The molecule has 164 valence electrons. The van der Waals surface area contributed by atoms with Crippen LogP contribution in [0.25, 0.3) is 11.0 Å². The Morgan fingerprint density at radius 3 is 3.03 bits per heavy atom. The molecular weight excluding hydrogens is 399 g/mol. The van der Waals surface area contributed by atoms with Gasteiger partial charge in [0.25, 0.3) is 5.56 Å². The zero-order valence-electron chi connectivity index (χ0n) is 26.8. The first-order valence-electron chi connectivity index (χ1n) is 15.0. The third-order valence-corrected chi connectivity index (χ3v) is 5.84. The Kier molecular flexibility index (Phi) is 3.13. The molecule has 4 heterocycles. The number of piperidine rings is 1. The molecule has 31 heavy (non-hydrogen) atoms. The van der Waals surface area contributed by atoms with Crippen LogP contribution in [0.4, 0.5) is 4.39 Å². The van der Waals surface area contributed by atoms with Crippen LogP contribution >= 0.6 is 0 Å². The van der Waals surface area contributed by atoms with Crippen LogP contribution < -0.4 is 5.56 Å². The van der Waals surface area contributed by atoms with Crippen LogP contribution in [0.15, 0.2) is 27.4 Å². The molecule has 1 atom stereocenters. The highest BCUT2D eigenvalue weighted by Crippen LogP contribution is 2.32. The molecule has 1 fully saturated rings. The van der Waals surface area contributed by atoms with E-state index in [-0.39, 0.29) is 45.2 Å².